The van der Waals surface area contributed by atoms with Gasteiger partial charge in [0.2, 0.25) is 0 Å². The van der Waals surface area contributed by atoms with Gasteiger partial charge in [0.1, 0.15) is 6.61 Å². The van der Waals surface area contributed by atoms with Crippen molar-refractivity contribution in [2.75, 3.05) is 6.61 Å². The van der Waals surface area contributed by atoms with Crippen LogP contribution in [-0.2, 0) is 4.74 Å². The zero-order valence-electron chi connectivity index (χ0n) is 17.4. The second kappa shape index (κ2) is 14.1. The van der Waals surface area contributed by atoms with Crippen LogP contribution in [0, 0.1) is 0 Å². The predicted octanol–water partition coefficient (Wildman–Crippen LogP) is 7.89. The maximum absolute atomic E-state index is 6.49. The minimum absolute atomic E-state index is 0.0406. The molecule has 1 rings (SSSR count). The zero-order chi connectivity index (χ0) is 19.3. The lowest BCUT2D eigenvalue weighted by atomic mass is 10.0. The number of aliphatic imine (C=N–C) groups is 1. The fourth-order valence-corrected chi connectivity index (χ4v) is 3.98. The van der Waals surface area contributed by atoms with E-state index < -0.39 is 0 Å². The predicted molar refractivity (Wildman–Crippen MR) is 117 cm³/mol. The number of rotatable bonds is 16. The lowest BCUT2D eigenvalue weighted by molar-refractivity contribution is 0.273. The Hall–Kier alpha value is 0.0500. The van der Waals surface area contributed by atoms with Crippen molar-refractivity contribution in [3.05, 3.63) is 0 Å². The molecule has 1 aliphatic heterocycles. The molecule has 2 unspecified atom stereocenters. The first-order valence-corrected chi connectivity index (χ1v) is 11.8. The molecule has 0 aromatic heterocycles. The lowest BCUT2D eigenvalue weighted by Crippen LogP contribution is -2.17. The van der Waals surface area contributed by atoms with Crippen LogP contribution < -0.4 is 0 Å². The van der Waals surface area contributed by atoms with Gasteiger partial charge in [0.05, 0.1) is 5.54 Å². The van der Waals surface area contributed by atoms with Gasteiger partial charge in [0.15, 0.2) is 5.90 Å². The van der Waals surface area contributed by atoms with Gasteiger partial charge >= 0.3 is 0 Å². The molecule has 0 saturated heterocycles. The molecular formula is C22H41Cl2NO. The third-order valence-corrected chi connectivity index (χ3v) is 6.29. The first kappa shape index (κ1) is 24.1. The van der Waals surface area contributed by atoms with E-state index in [4.69, 9.17) is 27.9 Å². The van der Waals surface area contributed by atoms with E-state index in [-0.39, 0.29) is 16.3 Å². The summed E-state index contributed by atoms with van der Waals surface area (Å²) in [6.07, 6.45) is 17.3. The summed E-state index contributed by atoms with van der Waals surface area (Å²) in [5.41, 5.74) is -0.0406. The maximum Gasteiger partial charge on any atom is 0.183 e. The summed E-state index contributed by atoms with van der Waals surface area (Å²) in [6.45, 7) is 7.20. The molecule has 0 saturated carbocycles. The van der Waals surface area contributed by atoms with E-state index >= 15 is 0 Å². The van der Waals surface area contributed by atoms with Crippen molar-refractivity contribution in [2.45, 2.75) is 127 Å². The largest absolute Gasteiger partial charge is 0.478 e. The first-order chi connectivity index (χ1) is 12.4. The van der Waals surface area contributed by atoms with E-state index in [0.29, 0.717) is 6.61 Å². The van der Waals surface area contributed by atoms with Gasteiger partial charge in [-0.3, -0.25) is 0 Å². The highest BCUT2D eigenvalue weighted by Gasteiger charge is 2.25. The van der Waals surface area contributed by atoms with Gasteiger partial charge in [-0.15, -0.1) is 23.2 Å². The van der Waals surface area contributed by atoms with Crippen molar-refractivity contribution < 1.29 is 4.74 Å². The fraction of sp³-hybridized carbons (Fsp3) is 0.955. The Morgan fingerprint density at radius 3 is 1.85 bits per heavy atom. The summed E-state index contributed by atoms with van der Waals surface area (Å²) in [5.74, 6) is 0.915. The van der Waals surface area contributed by atoms with Gasteiger partial charge in [-0.1, -0.05) is 71.1 Å². The molecule has 0 spiro atoms. The molecule has 2 atom stereocenters. The topological polar surface area (TPSA) is 21.6 Å². The van der Waals surface area contributed by atoms with Crippen LogP contribution in [0.4, 0.5) is 0 Å². The van der Waals surface area contributed by atoms with E-state index in [9.17, 15) is 0 Å². The van der Waals surface area contributed by atoms with Crippen molar-refractivity contribution in [3.63, 3.8) is 0 Å². The highest BCUT2D eigenvalue weighted by molar-refractivity contribution is 6.29. The summed E-state index contributed by atoms with van der Waals surface area (Å²) in [7, 11) is 0. The molecule has 0 aromatic carbocycles. The van der Waals surface area contributed by atoms with Crippen LogP contribution in [-0.4, -0.2) is 28.8 Å². The van der Waals surface area contributed by atoms with Crippen LogP contribution in [0.5, 0.6) is 0 Å². The molecule has 0 fully saturated rings. The van der Waals surface area contributed by atoms with Crippen molar-refractivity contribution in [3.8, 4) is 0 Å². The molecule has 154 valence electrons. The van der Waals surface area contributed by atoms with Crippen molar-refractivity contribution in [2.24, 2.45) is 4.99 Å². The molecule has 1 heterocycles. The van der Waals surface area contributed by atoms with E-state index in [2.05, 4.69) is 25.8 Å². The Kier molecular flexibility index (Phi) is 13.1. The molecule has 0 amide bonds. The van der Waals surface area contributed by atoms with Gasteiger partial charge in [0.25, 0.3) is 0 Å². The van der Waals surface area contributed by atoms with E-state index in [1.54, 1.807) is 0 Å². The van der Waals surface area contributed by atoms with Crippen molar-refractivity contribution >= 4 is 29.1 Å². The van der Waals surface area contributed by atoms with Gasteiger partial charge in [0, 0.05) is 17.2 Å². The van der Waals surface area contributed by atoms with E-state index in [0.717, 1.165) is 38.0 Å². The van der Waals surface area contributed by atoms with Gasteiger partial charge in [-0.2, -0.15) is 0 Å². The van der Waals surface area contributed by atoms with E-state index in [1.165, 1.54) is 57.8 Å². The highest BCUT2D eigenvalue weighted by Crippen LogP contribution is 2.24. The third kappa shape index (κ3) is 11.7. The lowest BCUT2D eigenvalue weighted by Gasteiger charge is -2.16. The number of nitrogens with zero attached hydrogens (tertiary/aromatic N) is 1. The van der Waals surface area contributed by atoms with Crippen LogP contribution in [0.25, 0.3) is 0 Å². The second-order valence-corrected chi connectivity index (χ2v) is 9.62. The van der Waals surface area contributed by atoms with Crippen molar-refractivity contribution in [1.82, 2.24) is 0 Å². The molecule has 0 aliphatic carbocycles. The molecule has 2 nitrogen and oxygen atoms in total. The van der Waals surface area contributed by atoms with Gasteiger partial charge in [-0.25, -0.2) is 4.99 Å². The van der Waals surface area contributed by atoms with Crippen LogP contribution in [0.3, 0.4) is 0 Å². The molecule has 0 N–H and O–H groups in total. The normalized spacial score (nSPS) is 18.4. The van der Waals surface area contributed by atoms with E-state index in [1.807, 2.05) is 0 Å². The third-order valence-electron chi connectivity index (χ3n) is 5.12. The summed E-state index contributed by atoms with van der Waals surface area (Å²) in [6, 6.07) is 0. The maximum atomic E-state index is 6.49. The molecule has 0 radical (unpaired) electrons. The van der Waals surface area contributed by atoms with Crippen LogP contribution in [0.15, 0.2) is 4.99 Å². The van der Waals surface area contributed by atoms with Crippen LogP contribution in [0.1, 0.15) is 111 Å². The molecule has 0 bridgehead atoms. The summed E-state index contributed by atoms with van der Waals surface area (Å²) in [5, 5.41) is 0.203. The quantitative estimate of drug-likeness (QED) is 0.189. The Balaban J connectivity index is 1.94. The minimum atomic E-state index is -0.0406. The number of halogens is 2. The number of ether oxygens (including phenoxy) is 1. The smallest absolute Gasteiger partial charge is 0.183 e. The Morgan fingerprint density at radius 1 is 0.846 bits per heavy atom. The standard InChI is InChI=1S/C22H41Cl2NO/c1-4-5-6-7-8-9-10-11-12-15-19(23)20(24)16-13-14-17-21-25-22(2,3)18-26-21/h19-20H,4-18H2,1-3H3. The monoisotopic (exact) mass is 405 g/mol. The number of unbranched alkanes of at least 4 members (excludes halogenated alkanes) is 9. The fourth-order valence-electron chi connectivity index (χ4n) is 3.42. The molecule has 0 aromatic rings. The highest BCUT2D eigenvalue weighted by atomic mass is 35.5. The van der Waals surface area contributed by atoms with Gasteiger partial charge in [-0.05, 0) is 33.1 Å². The van der Waals surface area contributed by atoms with Crippen molar-refractivity contribution in [1.29, 1.82) is 0 Å². The Morgan fingerprint density at radius 2 is 1.35 bits per heavy atom. The average molecular weight is 406 g/mol. The van der Waals surface area contributed by atoms with Gasteiger partial charge < -0.3 is 4.74 Å². The number of hydrogen-bond acceptors (Lipinski definition) is 2. The second-order valence-electron chi connectivity index (χ2n) is 8.50. The summed E-state index contributed by atoms with van der Waals surface area (Å²) < 4.78 is 5.63. The SMILES string of the molecule is CCCCCCCCCCCC(Cl)C(Cl)CCCCC1=NC(C)(C)CO1. The molecule has 1 aliphatic rings. The zero-order valence-corrected chi connectivity index (χ0v) is 18.9. The Labute approximate surface area is 172 Å². The van der Waals surface area contributed by atoms with Crippen LogP contribution >= 0.6 is 23.2 Å². The summed E-state index contributed by atoms with van der Waals surface area (Å²) in [4.78, 5) is 4.59. The molecule has 4 heteroatoms. The Bertz CT molecular complexity index is 384. The average Bonchev–Trinajstić information content (AvgIpc) is 2.95. The number of alkyl halides is 2. The molecular weight excluding hydrogens is 365 g/mol. The van der Waals surface area contributed by atoms with Crippen LogP contribution in [0.2, 0.25) is 0 Å². The first-order valence-electron chi connectivity index (χ1n) is 10.9. The summed E-state index contributed by atoms with van der Waals surface area (Å²) >= 11 is 13.0. The number of hydrogen-bond donors (Lipinski definition) is 0. The molecule has 26 heavy (non-hydrogen) atoms. The minimum Gasteiger partial charge on any atom is -0.478 e.